The van der Waals surface area contributed by atoms with Crippen molar-refractivity contribution < 1.29 is 27.9 Å². The number of hydrogen-bond acceptors (Lipinski definition) is 5. The maximum Gasteiger partial charge on any atom is 0.387 e. The lowest BCUT2D eigenvalue weighted by Crippen LogP contribution is -2.49. The Labute approximate surface area is 244 Å². The molecule has 0 unspecified atom stereocenters. The van der Waals surface area contributed by atoms with Crippen LogP contribution in [0.3, 0.4) is 0 Å². The number of ether oxygens (including phenoxy) is 1. The van der Waals surface area contributed by atoms with Crippen LogP contribution < -0.4 is 10.1 Å². The lowest BCUT2D eigenvalue weighted by molar-refractivity contribution is -0.125. The van der Waals surface area contributed by atoms with Gasteiger partial charge in [0.25, 0.3) is 11.8 Å². The van der Waals surface area contributed by atoms with E-state index in [9.17, 15) is 23.2 Å². The van der Waals surface area contributed by atoms with E-state index in [2.05, 4.69) is 10.1 Å². The van der Waals surface area contributed by atoms with Crippen molar-refractivity contribution in [2.75, 3.05) is 13.6 Å². The van der Waals surface area contributed by atoms with Gasteiger partial charge in [0.05, 0.1) is 28.3 Å². The number of benzene rings is 2. The van der Waals surface area contributed by atoms with Crippen LogP contribution in [0.4, 0.5) is 8.78 Å². The van der Waals surface area contributed by atoms with Gasteiger partial charge >= 0.3 is 6.61 Å². The number of halogens is 4. The molecule has 5 rings (SSSR count). The Morgan fingerprint density at radius 3 is 2.41 bits per heavy atom. The van der Waals surface area contributed by atoms with Crippen LogP contribution in [0.2, 0.25) is 10.0 Å². The molecule has 0 saturated carbocycles. The van der Waals surface area contributed by atoms with Crippen LogP contribution in [0.15, 0.2) is 42.5 Å². The van der Waals surface area contributed by atoms with Crippen molar-refractivity contribution in [1.29, 1.82) is 0 Å². The fourth-order valence-electron chi connectivity index (χ4n) is 5.42. The second-order valence-electron chi connectivity index (χ2n) is 10.1. The van der Waals surface area contributed by atoms with Gasteiger partial charge in [-0.1, -0.05) is 35.3 Å². The summed E-state index contributed by atoms with van der Waals surface area (Å²) in [6.07, 6.45) is 0.437. The molecule has 9 nitrogen and oxygen atoms in total. The smallest absolute Gasteiger partial charge is 0.387 e. The highest BCUT2D eigenvalue weighted by molar-refractivity contribution is 6.42. The first-order valence-electron chi connectivity index (χ1n) is 12.9. The highest BCUT2D eigenvalue weighted by Gasteiger charge is 2.43. The summed E-state index contributed by atoms with van der Waals surface area (Å²) in [6.45, 7) is 1.14. The molecule has 2 aliphatic heterocycles. The fraction of sp³-hybridized carbons (Fsp3) is 0.357. The monoisotopic (exact) mass is 605 g/mol. The number of carbonyl (C=O) groups excluding carboxylic acids is 3. The molecule has 3 amide bonds. The van der Waals surface area contributed by atoms with Crippen molar-refractivity contribution in [2.24, 2.45) is 0 Å². The summed E-state index contributed by atoms with van der Waals surface area (Å²) < 4.78 is 31.4. The van der Waals surface area contributed by atoms with Crippen LogP contribution in [0, 0.1) is 0 Å². The molecule has 2 aliphatic rings. The minimum atomic E-state index is -2.99. The molecule has 0 aliphatic carbocycles. The summed E-state index contributed by atoms with van der Waals surface area (Å²) in [5, 5.41) is 7.94. The SMILES string of the molecule is CNC(=O)[C@@H](c1ccc(OC(F)F)cc1)N1C[C@@H](C)n2nc3c(c2C1=O)CN(C(=O)c1ccc(Cl)c(Cl)c1)[C@H](C)C3. The molecule has 3 aromatic rings. The molecule has 0 bridgehead atoms. The van der Waals surface area contributed by atoms with Gasteiger partial charge in [0, 0.05) is 37.2 Å². The lowest BCUT2D eigenvalue weighted by atomic mass is 9.96. The van der Waals surface area contributed by atoms with E-state index < -0.39 is 24.5 Å². The first-order chi connectivity index (χ1) is 19.5. The van der Waals surface area contributed by atoms with Gasteiger partial charge in [-0.15, -0.1) is 0 Å². The summed E-state index contributed by atoms with van der Waals surface area (Å²) in [5.74, 6) is -1.19. The number of carbonyl (C=O) groups is 3. The highest BCUT2D eigenvalue weighted by atomic mass is 35.5. The van der Waals surface area contributed by atoms with Crippen LogP contribution in [-0.4, -0.2) is 63.5 Å². The molecule has 1 N–H and O–H groups in total. The molecule has 13 heteroatoms. The summed E-state index contributed by atoms with van der Waals surface area (Å²) in [5.41, 5.74) is 2.45. The van der Waals surface area contributed by atoms with E-state index in [0.29, 0.717) is 33.8 Å². The molecule has 0 radical (unpaired) electrons. The predicted octanol–water partition coefficient (Wildman–Crippen LogP) is 4.88. The summed E-state index contributed by atoms with van der Waals surface area (Å²) in [4.78, 5) is 43.8. The Balaban J connectivity index is 1.49. The molecule has 0 spiro atoms. The number of nitrogens with zero attached hydrogens (tertiary/aromatic N) is 4. The third kappa shape index (κ3) is 5.36. The standard InChI is InChI=1S/C28H27Cl2F2N5O4/c1-14-10-22-19(13-35(14)26(39)17-6-9-20(29)21(30)11-17)24-27(40)36(12-15(2)37(24)34-22)23(25(38)33-3)16-4-7-18(8-5-16)41-28(31)32/h4-9,11,14-15,23,28H,10,12-13H2,1-3H3,(H,33,38)/t14-,15-,23-/m1/s1. The topological polar surface area (TPSA) is 96.8 Å². The van der Waals surface area contributed by atoms with Gasteiger partial charge in [-0.2, -0.15) is 13.9 Å². The maximum atomic E-state index is 14.1. The van der Waals surface area contributed by atoms with E-state index in [4.69, 9.17) is 28.3 Å². The number of alkyl halides is 2. The summed E-state index contributed by atoms with van der Waals surface area (Å²) in [6, 6.07) is 8.79. The quantitative estimate of drug-likeness (QED) is 0.432. The molecular weight excluding hydrogens is 579 g/mol. The van der Waals surface area contributed by atoms with Crippen LogP contribution in [0.25, 0.3) is 0 Å². The molecule has 1 aromatic heterocycles. The second kappa shape index (κ2) is 11.3. The number of hydrogen-bond donors (Lipinski definition) is 1. The Morgan fingerprint density at radius 2 is 1.78 bits per heavy atom. The third-order valence-corrected chi connectivity index (χ3v) is 8.18. The van der Waals surface area contributed by atoms with E-state index >= 15 is 0 Å². The Morgan fingerprint density at radius 1 is 1.07 bits per heavy atom. The zero-order valence-electron chi connectivity index (χ0n) is 22.4. The zero-order valence-corrected chi connectivity index (χ0v) is 23.9. The Kier molecular flexibility index (Phi) is 7.93. The first-order valence-corrected chi connectivity index (χ1v) is 13.7. The van der Waals surface area contributed by atoms with Crippen molar-refractivity contribution in [3.63, 3.8) is 0 Å². The van der Waals surface area contributed by atoms with Crippen molar-refractivity contribution in [3.05, 3.63) is 80.6 Å². The summed E-state index contributed by atoms with van der Waals surface area (Å²) >= 11 is 12.2. The van der Waals surface area contributed by atoms with Crippen LogP contribution in [0.5, 0.6) is 5.75 Å². The Hall–Kier alpha value is -3.70. The van der Waals surface area contributed by atoms with E-state index in [1.165, 1.54) is 42.3 Å². The van der Waals surface area contributed by atoms with Gasteiger partial charge in [0.2, 0.25) is 5.91 Å². The van der Waals surface area contributed by atoms with Crippen molar-refractivity contribution in [2.45, 2.75) is 51.6 Å². The minimum absolute atomic E-state index is 0.0641. The van der Waals surface area contributed by atoms with Gasteiger partial charge in [-0.3, -0.25) is 19.1 Å². The normalized spacial score (nSPS) is 19.1. The fourth-order valence-corrected chi connectivity index (χ4v) is 5.72. The number of fused-ring (bicyclic) bond motifs is 3. The van der Waals surface area contributed by atoms with Crippen molar-refractivity contribution in [1.82, 2.24) is 24.9 Å². The van der Waals surface area contributed by atoms with Gasteiger partial charge in [-0.05, 0) is 49.7 Å². The molecule has 3 heterocycles. The molecule has 0 saturated heterocycles. The second-order valence-corrected chi connectivity index (χ2v) is 10.9. The van der Waals surface area contributed by atoms with Gasteiger partial charge in [0.1, 0.15) is 17.5 Å². The van der Waals surface area contributed by atoms with Gasteiger partial charge in [-0.25, -0.2) is 0 Å². The molecule has 2 aromatic carbocycles. The van der Waals surface area contributed by atoms with Crippen LogP contribution in [0.1, 0.15) is 63.6 Å². The predicted molar refractivity (Wildman–Crippen MR) is 147 cm³/mol. The third-order valence-electron chi connectivity index (χ3n) is 7.44. The van der Waals surface area contributed by atoms with Crippen molar-refractivity contribution in [3.8, 4) is 5.75 Å². The first kappa shape index (κ1) is 28.8. The van der Waals surface area contributed by atoms with E-state index in [-0.39, 0.29) is 41.9 Å². The Bertz CT molecular complexity index is 1510. The number of rotatable bonds is 6. The molecule has 0 fully saturated rings. The van der Waals surface area contributed by atoms with Crippen molar-refractivity contribution >= 4 is 40.9 Å². The van der Waals surface area contributed by atoms with E-state index in [0.717, 1.165) is 5.69 Å². The lowest BCUT2D eigenvalue weighted by Gasteiger charge is -2.38. The zero-order chi connectivity index (χ0) is 29.6. The highest BCUT2D eigenvalue weighted by Crippen LogP contribution is 2.36. The molecule has 216 valence electrons. The molecule has 3 atom stereocenters. The van der Waals surface area contributed by atoms with Gasteiger partial charge in [0.15, 0.2) is 0 Å². The number of likely N-dealkylation sites (N-methyl/N-ethyl adjacent to an activating group) is 1. The average Bonchev–Trinajstić information content (AvgIpc) is 3.31. The summed E-state index contributed by atoms with van der Waals surface area (Å²) in [7, 11) is 1.46. The van der Waals surface area contributed by atoms with Crippen LogP contribution in [-0.2, 0) is 17.8 Å². The van der Waals surface area contributed by atoms with E-state index in [1.807, 2.05) is 13.8 Å². The number of amides is 3. The largest absolute Gasteiger partial charge is 0.435 e. The maximum absolute atomic E-state index is 14.1. The minimum Gasteiger partial charge on any atom is -0.435 e. The van der Waals surface area contributed by atoms with Crippen LogP contribution >= 0.6 is 23.2 Å². The number of aromatic nitrogens is 2. The van der Waals surface area contributed by atoms with E-state index in [1.54, 1.807) is 21.7 Å². The molecular formula is C28H27Cl2F2N5O4. The van der Waals surface area contributed by atoms with Gasteiger partial charge < -0.3 is 19.9 Å². The number of nitrogens with one attached hydrogen (secondary N) is 1. The molecule has 41 heavy (non-hydrogen) atoms. The average molecular weight is 606 g/mol.